The lowest BCUT2D eigenvalue weighted by Gasteiger charge is -2.42. The van der Waals surface area contributed by atoms with Gasteiger partial charge < -0.3 is 4.74 Å². The smallest absolute Gasteiger partial charge is 0.160 e. The van der Waals surface area contributed by atoms with Gasteiger partial charge in [0.05, 0.1) is 11.1 Å². The van der Waals surface area contributed by atoms with Crippen molar-refractivity contribution in [3.8, 4) is 0 Å². The van der Waals surface area contributed by atoms with Gasteiger partial charge in [-0.1, -0.05) is 30.3 Å². The van der Waals surface area contributed by atoms with Crippen LogP contribution in [0.15, 0.2) is 42.7 Å². The first-order chi connectivity index (χ1) is 11.3. The summed E-state index contributed by atoms with van der Waals surface area (Å²) < 4.78 is 6.07. The van der Waals surface area contributed by atoms with E-state index in [1.165, 1.54) is 16.0 Å². The van der Waals surface area contributed by atoms with Crippen molar-refractivity contribution in [2.24, 2.45) is 0 Å². The van der Waals surface area contributed by atoms with Crippen molar-refractivity contribution in [1.82, 2.24) is 4.90 Å². The summed E-state index contributed by atoms with van der Waals surface area (Å²) in [6.07, 6.45) is 6.66. The van der Waals surface area contributed by atoms with Crippen molar-refractivity contribution in [2.75, 3.05) is 13.1 Å². The summed E-state index contributed by atoms with van der Waals surface area (Å²) in [6, 6.07) is 12.6. The second-order valence-corrected chi connectivity index (χ2v) is 7.34. The molecule has 2 aromatic rings. The lowest BCUT2D eigenvalue weighted by molar-refractivity contribution is -0.0409. The SMILES string of the molecule is O=Cc1cc2c(s1)C=COC21CCN(Cc2ccccc2)CC1. The number of hydrogen-bond donors (Lipinski definition) is 0. The Morgan fingerprint density at radius 1 is 1.22 bits per heavy atom. The fourth-order valence-corrected chi connectivity index (χ4v) is 4.51. The maximum absolute atomic E-state index is 11.1. The van der Waals surface area contributed by atoms with E-state index in [-0.39, 0.29) is 5.60 Å². The maximum atomic E-state index is 11.1. The Morgan fingerprint density at radius 2 is 2.00 bits per heavy atom. The summed E-state index contributed by atoms with van der Waals surface area (Å²) in [7, 11) is 0. The van der Waals surface area contributed by atoms with E-state index in [4.69, 9.17) is 4.74 Å². The number of ether oxygens (including phenoxy) is 1. The van der Waals surface area contributed by atoms with E-state index < -0.39 is 0 Å². The largest absolute Gasteiger partial charge is 0.490 e. The van der Waals surface area contributed by atoms with Crippen LogP contribution in [0.4, 0.5) is 0 Å². The highest BCUT2D eigenvalue weighted by Crippen LogP contribution is 2.44. The fourth-order valence-electron chi connectivity index (χ4n) is 3.55. The third-order valence-corrected chi connectivity index (χ3v) is 5.84. The first-order valence-corrected chi connectivity index (χ1v) is 8.81. The molecule has 1 aromatic carbocycles. The normalized spacial score (nSPS) is 19.3. The Bertz CT molecular complexity index is 727. The molecule has 0 atom stereocenters. The number of carbonyl (C=O) groups is 1. The lowest BCUT2D eigenvalue weighted by atomic mass is 9.83. The molecule has 1 saturated heterocycles. The molecule has 0 bridgehead atoms. The minimum atomic E-state index is -0.241. The molecule has 3 heterocycles. The first-order valence-electron chi connectivity index (χ1n) is 7.99. The van der Waals surface area contributed by atoms with Gasteiger partial charge in [0, 0.05) is 42.9 Å². The second-order valence-electron chi connectivity index (χ2n) is 6.22. The Morgan fingerprint density at radius 3 is 2.74 bits per heavy atom. The van der Waals surface area contributed by atoms with Gasteiger partial charge in [0.2, 0.25) is 0 Å². The van der Waals surface area contributed by atoms with Gasteiger partial charge in [-0.25, -0.2) is 0 Å². The number of likely N-dealkylation sites (tertiary alicyclic amines) is 1. The van der Waals surface area contributed by atoms with Gasteiger partial charge in [0.15, 0.2) is 6.29 Å². The molecule has 4 rings (SSSR count). The van der Waals surface area contributed by atoms with Crippen LogP contribution >= 0.6 is 11.3 Å². The summed E-state index contributed by atoms with van der Waals surface area (Å²) in [5, 5.41) is 0. The predicted molar refractivity (Wildman–Crippen MR) is 92.5 cm³/mol. The quantitative estimate of drug-likeness (QED) is 0.797. The number of thiophene rings is 1. The molecule has 3 nitrogen and oxygen atoms in total. The Kier molecular flexibility index (Phi) is 3.79. The molecule has 118 valence electrons. The molecule has 4 heteroatoms. The molecule has 2 aliphatic rings. The monoisotopic (exact) mass is 325 g/mol. The van der Waals surface area contributed by atoms with Crippen LogP contribution in [0, 0.1) is 0 Å². The molecule has 0 radical (unpaired) electrons. The molecule has 0 aliphatic carbocycles. The van der Waals surface area contributed by atoms with E-state index in [2.05, 4.69) is 35.2 Å². The van der Waals surface area contributed by atoms with Gasteiger partial charge in [-0.2, -0.15) is 0 Å². The maximum Gasteiger partial charge on any atom is 0.160 e. The molecule has 1 fully saturated rings. The van der Waals surface area contributed by atoms with Crippen LogP contribution in [0.3, 0.4) is 0 Å². The zero-order valence-electron chi connectivity index (χ0n) is 12.9. The van der Waals surface area contributed by atoms with Crippen molar-refractivity contribution in [2.45, 2.75) is 25.0 Å². The number of aldehydes is 1. The van der Waals surface area contributed by atoms with Crippen LogP contribution < -0.4 is 0 Å². The standard InChI is InChI=1S/C19H19NO2S/c21-14-16-12-17-18(23-16)6-11-22-19(17)7-9-20(10-8-19)13-15-4-2-1-3-5-15/h1-6,11-12,14H,7-10,13H2. The Hall–Kier alpha value is -1.91. The van der Waals surface area contributed by atoms with E-state index in [9.17, 15) is 4.79 Å². The molecule has 0 unspecified atom stereocenters. The highest BCUT2D eigenvalue weighted by atomic mass is 32.1. The van der Waals surface area contributed by atoms with Crippen molar-refractivity contribution in [1.29, 1.82) is 0 Å². The minimum Gasteiger partial charge on any atom is -0.490 e. The average molecular weight is 325 g/mol. The zero-order chi connectivity index (χ0) is 15.7. The molecule has 23 heavy (non-hydrogen) atoms. The second kappa shape index (κ2) is 5.95. The highest BCUT2D eigenvalue weighted by Gasteiger charge is 2.41. The third kappa shape index (κ3) is 2.73. The fraction of sp³-hybridized carbons (Fsp3) is 0.316. The van der Waals surface area contributed by atoms with Gasteiger partial charge >= 0.3 is 0 Å². The topological polar surface area (TPSA) is 29.5 Å². The molecule has 0 amide bonds. The van der Waals surface area contributed by atoms with Crippen LogP contribution in [0.5, 0.6) is 0 Å². The van der Waals surface area contributed by atoms with Crippen LogP contribution in [0.1, 0.15) is 38.5 Å². The summed E-state index contributed by atoms with van der Waals surface area (Å²) in [6.45, 7) is 3.01. The summed E-state index contributed by atoms with van der Waals surface area (Å²) in [5.41, 5.74) is 2.31. The summed E-state index contributed by atoms with van der Waals surface area (Å²) in [4.78, 5) is 15.5. The highest BCUT2D eigenvalue weighted by molar-refractivity contribution is 7.14. The average Bonchev–Trinajstić information content (AvgIpc) is 3.03. The van der Waals surface area contributed by atoms with Crippen LogP contribution in [0.2, 0.25) is 0 Å². The lowest BCUT2D eigenvalue weighted by Crippen LogP contribution is -2.43. The molecule has 1 aromatic heterocycles. The van der Waals surface area contributed by atoms with E-state index in [1.54, 1.807) is 17.6 Å². The van der Waals surface area contributed by atoms with Crippen LogP contribution in [-0.2, 0) is 16.9 Å². The first kappa shape index (κ1) is 14.7. The van der Waals surface area contributed by atoms with E-state index >= 15 is 0 Å². The van der Waals surface area contributed by atoms with Gasteiger partial charge in [-0.3, -0.25) is 9.69 Å². The van der Waals surface area contributed by atoms with Crippen LogP contribution in [0.25, 0.3) is 6.08 Å². The van der Waals surface area contributed by atoms with Gasteiger partial charge in [-0.05, 0) is 17.7 Å². The number of piperidine rings is 1. The molecule has 2 aliphatic heterocycles. The predicted octanol–water partition coefficient (Wildman–Crippen LogP) is 4.05. The van der Waals surface area contributed by atoms with E-state index in [1.807, 2.05) is 12.1 Å². The molecule has 0 N–H and O–H groups in total. The number of hydrogen-bond acceptors (Lipinski definition) is 4. The van der Waals surface area contributed by atoms with Crippen molar-refractivity contribution in [3.05, 3.63) is 63.5 Å². The number of rotatable bonds is 3. The number of fused-ring (bicyclic) bond motifs is 2. The number of benzene rings is 1. The summed E-state index contributed by atoms with van der Waals surface area (Å²) in [5.74, 6) is 0. The Balaban J connectivity index is 1.50. The van der Waals surface area contributed by atoms with Gasteiger partial charge in [0.25, 0.3) is 0 Å². The van der Waals surface area contributed by atoms with Crippen molar-refractivity contribution >= 4 is 23.7 Å². The molecule has 0 saturated carbocycles. The number of carbonyl (C=O) groups excluding carboxylic acids is 1. The molecular formula is C19H19NO2S. The van der Waals surface area contributed by atoms with Gasteiger partial charge in [0.1, 0.15) is 5.60 Å². The van der Waals surface area contributed by atoms with Crippen molar-refractivity contribution in [3.63, 3.8) is 0 Å². The molecule has 1 spiro atoms. The van der Waals surface area contributed by atoms with E-state index in [0.29, 0.717) is 0 Å². The third-order valence-electron chi connectivity index (χ3n) is 4.81. The summed E-state index contributed by atoms with van der Waals surface area (Å²) >= 11 is 1.56. The van der Waals surface area contributed by atoms with Crippen LogP contribution in [-0.4, -0.2) is 24.3 Å². The number of nitrogens with zero attached hydrogens (tertiary/aromatic N) is 1. The zero-order valence-corrected chi connectivity index (χ0v) is 13.7. The van der Waals surface area contributed by atoms with Gasteiger partial charge in [-0.15, -0.1) is 11.3 Å². The Labute approximate surface area is 140 Å². The van der Waals surface area contributed by atoms with E-state index in [0.717, 1.165) is 43.6 Å². The minimum absolute atomic E-state index is 0.241. The van der Waals surface area contributed by atoms with Crippen molar-refractivity contribution < 1.29 is 9.53 Å². The molecular weight excluding hydrogens is 306 g/mol.